The lowest BCUT2D eigenvalue weighted by molar-refractivity contribution is -0.274. The van der Waals surface area contributed by atoms with Crippen LogP contribution in [0.15, 0.2) is 40.9 Å². The highest BCUT2D eigenvalue weighted by Gasteiger charge is 2.31. The van der Waals surface area contributed by atoms with Gasteiger partial charge < -0.3 is 15.4 Å². The van der Waals surface area contributed by atoms with E-state index >= 15 is 0 Å². The van der Waals surface area contributed by atoms with Gasteiger partial charge in [-0.1, -0.05) is 39.1 Å². The molecule has 10 heteroatoms. The fourth-order valence-corrected chi connectivity index (χ4v) is 2.75. The highest BCUT2D eigenvalue weighted by molar-refractivity contribution is 9.10. The minimum atomic E-state index is -4.84. The van der Waals surface area contributed by atoms with Gasteiger partial charge in [0.1, 0.15) is 5.75 Å². The molecule has 0 heterocycles. The maximum atomic E-state index is 12.3. The van der Waals surface area contributed by atoms with Gasteiger partial charge in [0.2, 0.25) is 0 Å². The van der Waals surface area contributed by atoms with Gasteiger partial charge in [-0.25, -0.2) is 4.79 Å². The monoisotopic (exact) mass is 442 g/mol. The fourth-order valence-electron chi connectivity index (χ4n) is 1.75. The SMILES string of the molecule is O=C(Nc1cc(Cl)cc(Cl)c1)Nc1cc(Br)cc(OC(F)(F)F)c1. The van der Waals surface area contributed by atoms with E-state index in [-0.39, 0.29) is 5.69 Å². The normalized spacial score (nSPS) is 11.1. The van der Waals surface area contributed by atoms with Crippen LogP contribution in [-0.4, -0.2) is 12.4 Å². The molecule has 24 heavy (non-hydrogen) atoms. The Morgan fingerprint density at radius 1 is 0.958 bits per heavy atom. The van der Waals surface area contributed by atoms with Crippen LogP contribution in [0.3, 0.4) is 0 Å². The summed E-state index contributed by atoms with van der Waals surface area (Å²) in [5, 5.41) is 5.49. The van der Waals surface area contributed by atoms with Gasteiger partial charge in [-0.2, -0.15) is 0 Å². The van der Waals surface area contributed by atoms with Gasteiger partial charge in [0, 0.05) is 32.0 Å². The first-order valence-corrected chi connectivity index (χ1v) is 7.76. The van der Waals surface area contributed by atoms with Gasteiger partial charge in [-0.15, -0.1) is 13.2 Å². The molecule has 0 unspecified atom stereocenters. The van der Waals surface area contributed by atoms with Gasteiger partial charge in [0.05, 0.1) is 0 Å². The zero-order valence-electron chi connectivity index (χ0n) is 11.5. The summed E-state index contributed by atoms with van der Waals surface area (Å²) >= 11 is 14.7. The molecule has 0 aliphatic carbocycles. The van der Waals surface area contributed by atoms with E-state index in [0.717, 1.165) is 12.1 Å². The van der Waals surface area contributed by atoms with E-state index in [1.165, 1.54) is 24.3 Å². The Bertz CT molecular complexity index is 752. The molecular formula is C14H8BrCl2F3N2O2. The summed E-state index contributed by atoms with van der Waals surface area (Å²) in [6.45, 7) is 0. The topological polar surface area (TPSA) is 50.4 Å². The molecule has 0 aliphatic heterocycles. The molecule has 0 saturated heterocycles. The number of ether oxygens (including phenoxy) is 1. The molecule has 4 nitrogen and oxygen atoms in total. The predicted octanol–water partition coefficient (Wildman–Crippen LogP) is 6.30. The predicted molar refractivity (Wildman–Crippen MR) is 89.9 cm³/mol. The summed E-state index contributed by atoms with van der Waals surface area (Å²) in [5.74, 6) is -0.474. The number of carbonyl (C=O) groups excluding carboxylic acids is 1. The Labute approximate surface area is 153 Å². The molecule has 0 atom stereocenters. The lowest BCUT2D eigenvalue weighted by Crippen LogP contribution is -2.20. The number of amides is 2. The Balaban J connectivity index is 2.11. The summed E-state index contributed by atoms with van der Waals surface area (Å²) in [7, 11) is 0. The average Bonchev–Trinajstić information content (AvgIpc) is 2.33. The highest BCUT2D eigenvalue weighted by atomic mass is 79.9. The summed E-state index contributed by atoms with van der Waals surface area (Å²) < 4.78 is 40.9. The molecule has 0 aliphatic rings. The number of rotatable bonds is 3. The van der Waals surface area contributed by atoms with E-state index in [9.17, 15) is 18.0 Å². The van der Waals surface area contributed by atoms with Crippen molar-refractivity contribution >= 4 is 56.5 Å². The van der Waals surface area contributed by atoms with Crippen LogP contribution in [0.25, 0.3) is 0 Å². The van der Waals surface area contributed by atoms with E-state index in [0.29, 0.717) is 20.2 Å². The maximum absolute atomic E-state index is 12.3. The Kier molecular flexibility index (Phi) is 5.84. The van der Waals surface area contributed by atoms with Crippen molar-refractivity contribution in [3.8, 4) is 5.75 Å². The van der Waals surface area contributed by atoms with Gasteiger partial charge in [0.25, 0.3) is 0 Å². The Morgan fingerprint density at radius 3 is 2.04 bits per heavy atom. The van der Waals surface area contributed by atoms with Crippen molar-refractivity contribution in [1.29, 1.82) is 0 Å². The lowest BCUT2D eigenvalue weighted by Gasteiger charge is -2.12. The van der Waals surface area contributed by atoms with E-state index in [1.807, 2.05) is 0 Å². The summed E-state index contributed by atoms with van der Waals surface area (Å²) in [5.41, 5.74) is 0.418. The summed E-state index contributed by atoms with van der Waals surface area (Å²) in [4.78, 5) is 11.9. The Hall–Kier alpha value is -1.64. The number of carbonyl (C=O) groups is 1. The molecular weight excluding hydrogens is 436 g/mol. The first kappa shape index (κ1) is 18.7. The van der Waals surface area contributed by atoms with E-state index in [1.54, 1.807) is 0 Å². The minimum absolute atomic E-state index is 0.0919. The summed E-state index contributed by atoms with van der Waals surface area (Å²) in [6.07, 6.45) is -4.84. The number of anilines is 2. The molecule has 2 N–H and O–H groups in total. The van der Waals surface area contributed by atoms with E-state index in [2.05, 4.69) is 31.3 Å². The second kappa shape index (κ2) is 7.50. The molecule has 2 amide bonds. The van der Waals surface area contributed by atoms with E-state index < -0.39 is 18.1 Å². The molecule has 0 radical (unpaired) electrons. The number of urea groups is 1. The fraction of sp³-hybridized carbons (Fsp3) is 0.0714. The number of halogens is 6. The molecule has 2 aromatic rings. The third-order valence-corrected chi connectivity index (χ3v) is 3.38. The van der Waals surface area contributed by atoms with Gasteiger partial charge in [-0.3, -0.25) is 0 Å². The van der Waals surface area contributed by atoms with Crippen molar-refractivity contribution < 1.29 is 22.7 Å². The van der Waals surface area contributed by atoms with Crippen molar-refractivity contribution in [3.63, 3.8) is 0 Å². The van der Waals surface area contributed by atoms with Crippen molar-refractivity contribution in [2.45, 2.75) is 6.36 Å². The molecule has 0 bridgehead atoms. The lowest BCUT2D eigenvalue weighted by atomic mass is 10.3. The summed E-state index contributed by atoms with van der Waals surface area (Å²) in [6, 6.07) is 7.29. The Morgan fingerprint density at radius 2 is 1.50 bits per heavy atom. The van der Waals surface area contributed by atoms with Crippen LogP contribution in [-0.2, 0) is 0 Å². The third kappa shape index (κ3) is 6.10. The number of nitrogens with one attached hydrogen (secondary N) is 2. The zero-order valence-corrected chi connectivity index (χ0v) is 14.6. The quantitative estimate of drug-likeness (QED) is 0.584. The van der Waals surface area contributed by atoms with Crippen LogP contribution in [0.2, 0.25) is 10.0 Å². The first-order chi connectivity index (χ1) is 11.1. The first-order valence-electron chi connectivity index (χ1n) is 6.21. The van der Waals surface area contributed by atoms with Crippen LogP contribution >= 0.6 is 39.1 Å². The largest absolute Gasteiger partial charge is 0.573 e. The number of benzene rings is 2. The average molecular weight is 444 g/mol. The minimum Gasteiger partial charge on any atom is -0.406 e. The van der Waals surface area contributed by atoms with E-state index in [4.69, 9.17) is 23.2 Å². The van der Waals surface area contributed by atoms with Crippen LogP contribution in [0.1, 0.15) is 0 Å². The highest BCUT2D eigenvalue weighted by Crippen LogP contribution is 2.29. The molecule has 0 aromatic heterocycles. The second-order valence-electron chi connectivity index (χ2n) is 4.46. The van der Waals surface area contributed by atoms with Crippen molar-refractivity contribution in [2.75, 3.05) is 10.6 Å². The molecule has 0 spiro atoms. The standard InChI is InChI=1S/C14H8BrCl2F3N2O2/c15-7-1-10(6-12(2-7)24-14(18,19)20)21-13(23)22-11-4-8(16)3-9(17)5-11/h1-6H,(H2,21,22,23). The van der Waals surface area contributed by atoms with Gasteiger partial charge in [0.15, 0.2) is 0 Å². The van der Waals surface area contributed by atoms with Crippen molar-refractivity contribution in [3.05, 3.63) is 50.9 Å². The van der Waals surface area contributed by atoms with Crippen molar-refractivity contribution in [1.82, 2.24) is 0 Å². The molecule has 0 fully saturated rings. The van der Waals surface area contributed by atoms with Gasteiger partial charge >= 0.3 is 12.4 Å². The third-order valence-electron chi connectivity index (χ3n) is 2.48. The molecule has 2 aromatic carbocycles. The molecule has 0 saturated carbocycles. The number of hydrogen-bond acceptors (Lipinski definition) is 2. The smallest absolute Gasteiger partial charge is 0.406 e. The second-order valence-corrected chi connectivity index (χ2v) is 6.25. The maximum Gasteiger partial charge on any atom is 0.573 e. The number of alkyl halides is 3. The van der Waals surface area contributed by atoms with Crippen LogP contribution in [0, 0.1) is 0 Å². The zero-order chi connectivity index (χ0) is 17.9. The molecule has 128 valence electrons. The van der Waals surface area contributed by atoms with Crippen LogP contribution in [0.5, 0.6) is 5.75 Å². The van der Waals surface area contributed by atoms with Crippen LogP contribution < -0.4 is 15.4 Å². The molecule has 2 rings (SSSR count). The number of hydrogen-bond donors (Lipinski definition) is 2. The van der Waals surface area contributed by atoms with Crippen LogP contribution in [0.4, 0.5) is 29.3 Å². The van der Waals surface area contributed by atoms with Crippen molar-refractivity contribution in [2.24, 2.45) is 0 Å². The van der Waals surface area contributed by atoms with Gasteiger partial charge in [-0.05, 0) is 30.3 Å².